The molecule has 0 rings (SSSR count). The van der Waals surface area contributed by atoms with Crippen LogP contribution >= 0.6 is 0 Å². The van der Waals surface area contributed by atoms with E-state index in [1.54, 1.807) is 0 Å². The maximum absolute atomic E-state index is 10.8. The molecule has 6 nitrogen and oxygen atoms in total. The third-order valence-corrected chi connectivity index (χ3v) is 3.61. The Morgan fingerprint density at radius 1 is 0.686 bits per heavy atom. The van der Waals surface area contributed by atoms with Crippen LogP contribution in [0.4, 0.5) is 0 Å². The first kappa shape index (κ1) is 45.3. The predicted molar refractivity (Wildman–Crippen MR) is 153 cm³/mol. The van der Waals surface area contributed by atoms with Gasteiger partial charge in [-0.3, -0.25) is 9.59 Å². The molecule has 0 saturated heterocycles. The molecule has 208 valence electrons. The van der Waals surface area contributed by atoms with Crippen LogP contribution < -0.4 is 0 Å². The van der Waals surface area contributed by atoms with Crippen molar-refractivity contribution in [1.82, 2.24) is 0 Å². The summed E-state index contributed by atoms with van der Waals surface area (Å²) < 4.78 is 20.1. The van der Waals surface area contributed by atoms with E-state index in [9.17, 15) is 9.59 Å². The van der Waals surface area contributed by atoms with Crippen LogP contribution in [0.3, 0.4) is 0 Å². The largest absolute Gasteiger partial charge is 2.00 e. The van der Waals surface area contributed by atoms with Crippen molar-refractivity contribution in [3.8, 4) is 0 Å². The van der Waals surface area contributed by atoms with Crippen molar-refractivity contribution < 1.29 is 28.5 Å². The summed E-state index contributed by atoms with van der Waals surface area (Å²) in [7, 11) is 0. The summed E-state index contributed by atoms with van der Waals surface area (Å²) in [6.07, 6.45) is 5.19. The van der Waals surface area contributed by atoms with Crippen LogP contribution in [0.2, 0.25) is 0 Å². The van der Waals surface area contributed by atoms with E-state index >= 15 is 0 Å². The van der Waals surface area contributed by atoms with E-state index in [1.165, 1.54) is 12.8 Å². The average Bonchev–Trinajstić information content (AvgIpc) is 2.79. The number of hydrogen-bond donors (Lipinski definition) is 0. The van der Waals surface area contributed by atoms with Gasteiger partial charge in [0.1, 0.15) is 13.2 Å². The summed E-state index contributed by atoms with van der Waals surface area (Å²) in [4.78, 5) is 21.6. The van der Waals surface area contributed by atoms with Gasteiger partial charge < -0.3 is 44.2 Å². The molecule has 0 aromatic heterocycles. The molecule has 0 atom stereocenters. The number of unbranched alkanes of at least 4 members (excludes halogenated alkanes) is 2. The third kappa shape index (κ3) is 60.6. The fourth-order valence-corrected chi connectivity index (χ4v) is 1.71. The third-order valence-electron chi connectivity index (χ3n) is 3.20. The number of carbonyl (C=O) groups is 2. The summed E-state index contributed by atoms with van der Waals surface area (Å²) in [5, 5.41) is 0. The Hall–Kier alpha value is 0.359. The molecule has 4 radical (unpaired) electrons. The van der Waals surface area contributed by atoms with Crippen molar-refractivity contribution in [3.63, 3.8) is 0 Å². The van der Waals surface area contributed by atoms with Crippen molar-refractivity contribution in [3.05, 3.63) is 13.8 Å². The van der Waals surface area contributed by atoms with Gasteiger partial charge in [0.15, 0.2) is 0 Å². The smallest absolute Gasteiger partial charge is 0.792 e. The van der Waals surface area contributed by atoms with Gasteiger partial charge in [0, 0.05) is 26.1 Å². The van der Waals surface area contributed by atoms with Crippen molar-refractivity contribution >= 4 is 61.1 Å². The second-order valence-electron chi connectivity index (χ2n) is 7.99. The van der Waals surface area contributed by atoms with Crippen LogP contribution in [-0.4, -0.2) is 87.0 Å². The number of hydrogen-bond acceptors (Lipinski definition) is 8. The van der Waals surface area contributed by atoms with E-state index < -0.39 is 0 Å². The van der Waals surface area contributed by atoms with E-state index in [0.29, 0.717) is 75.8 Å². The summed E-state index contributed by atoms with van der Waals surface area (Å²) in [6, 6.07) is 0. The minimum absolute atomic E-state index is 0. The molecule has 0 aliphatic carbocycles. The zero-order valence-corrected chi connectivity index (χ0v) is 27.7. The molecular formula is C26H52O6S2Sn. The standard InChI is InChI=1S/2C9H18O3S.2C4H9.Sn/c2*1-8(2)7-11-4-5-12-9(10)3-6-13;2*1-3-4-2;/h2*8,13H,3-7H2,1-2H3;2*1,3-4H2,2H3;/q;;;;+2/p-2. The quantitative estimate of drug-likeness (QED) is 0.0992. The Kier molecular flexibility index (Phi) is 53.7. The van der Waals surface area contributed by atoms with Gasteiger partial charge in [0.25, 0.3) is 0 Å². The molecule has 35 heavy (non-hydrogen) atoms. The molecule has 0 heterocycles. The molecule has 0 fully saturated rings. The van der Waals surface area contributed by atoms with Crippen LogP contribution in [0.5, 0.6) is 0 Å². The van der Waals surface area contributed by atoms with E-state index in [1.807, 2.05) is 0 Å². The summed E-state index contributed by atoms with van der Waals surface area (Å²) >= 11 is 9.26. The van der Waals surface area contributed by atoms with Gasteiger partial charge in [-0.15, -0.1) is 0 Å². The summed E-state index contributed by atoms with van der Waals surface area (Å²) in [6.45, 7) is 22.8. The summed E-state index contributed by atoms with van der Waals surface area (Å²) in [5.41, 5.74) is 0. The van der Waals surface area contributed by atoms with Gasteiger partial charge in [-0.2, -0.15) is 11.5 Å². The minimum atomic E-state index is -0.233. The topological polar surface area (TPSA) is 71.1 Å². The van der Waals surface area contributed by atoms with Gasteiger partial charge in [0.2, 0.25) is 0 Å². The van der Waals surface area contributed by atoms with Crippen LogP contribution in [0.1, 0.15) is 80.1 Å². The molecule has 0 bridgehead atoms. The van der Waals surface area contributed by atoms with E-state index in [2.05, 4.69) is 80.6 Å². The Morgan fingerprint density at radius 2 is 0.971 bits per heavy atom. The number of ether oxygens (including phenoxy) is 4. The van der Waals surface area contributed by atoms with Gasteiger partial charge >= 0.3 is 35.8 Å². The fraction of sp³-hybridized carbons (Fsp3) is 0.846. The first-order valence-corrected chi connectivity index (χ1v) is 13.5. The van der Waals surface area contributed by atoms with Crippen molar-refractivity contribution in [1.29, 1.82) is 0 Å². The second-order valence-corrected chi connectivity index (χ2v) is 8.81. The Labute approximate surface area is 245 Å². The fourth-order valence-electron chi connectivity index (χ4n) is 1.38. The maximum atomic E-state index is 10.8. The van der Waals surface area contributed by atoms with Crippen molar-refractivity contribution in [2.75, 3.05) is 51.1 Å². The molecule has 0 aromatic rings. The molecule has 0 spiro atoms. The average molecular weight is 644 g/mol. The normalized spacial score (nSPS) is 9.49. The zero-order chi connectivity index (χ0) is 27.0. The molecular weight excluding hydrogens is 591 g/mol. The molecule has 0 aliphatic rings. The molecule has 0 aliphatic heterocycles. The van der Waals surface area contributed by atoms with Crippen LogP contribution in [0.15, 0.2) is 0 Å². The van der Waals surface area contributed by atoms with E-state index in [4.69, 9.17) is 18.9 Å². The Balaban J connectivity index is -0.000000128. The van der Waals surface area contributed by atoms with Crippen molar-refractivity contribution in [2.45, 2.75) is 80.1 Å². The molecule has 0 saturated carbocycles. The first-order valence-electron chi connectivity index (χ1n) is 12.4. The molecule has 9 heteroatoms. The number of esters is 2. The Morgan fingerprint density at radius 3 is 1.17 bits per heavy atom. The molecule has 0 unspecified atom stereocenters. The molecule has 0 N–H and O–H groups in total. The number of carbonyl (C=O) groups excluding carboxylic acids is 2. The van der Waals surface area contributed by atoms with Crippen LogP contribution in [0.25, 0.3) is 0 Å². The molecule has 0 aromatic carbocycles. The predicted octanol–water partition coefficient (Wildman–Crippen LogP) is 5.14. The summed E-state index contributed by atoms with van der Waals surface area (Å²) in [5.74, 6) is 1.41. The van der Waals surface area contributed by atoms with Gasteiger partial charge in [-0.1, -0.05) is 81.1 Å². The van der Waals surface area contributed by atoms with E-state index in [-0.39, 0.29) is 35.8 Å². The molecule has 0 amide bonds. The monoisotopic (exact) mass is 644 g/mol. The Bertz CT molecular complexity index is 360. The van der Waals surface area contributed by atoms with Crippen LogP contribution in [0, 0.1) is 25.7 Å². The maximum Gasteiger partial charge on any atom is 2.00 e. The minimum Gasteiger partial charge on any atom is -0.792 e. The van der Waals surface area contributed by atoms with Gasteiger partial charge in [-0.25, -0.2) is 0 Å². The van der Waals surface area contributed by atoms with Crippen molar-refractivity contribution in [2.24, 2.45) is 11.8 Å². The van der Waals surface area contributed by atoms with E-state index in [0.717, 1.165) is 12.8 Å². The zero-order valence-electron chi connectivity index (χ0n) is 23.2. The first-order chi connectivity index (χ1) is 16.2. The number of rotatable bonds is 16. The second kappa shape index (κ2) is 41.5. The van der Waals surface area contributed by atoms with Gasteiger partial charge in [-0.05, 0) is 11.8 Å². The SMILES string of the molecule is CC(C)COCCOC(=O)CC[S-].CC(C)COCCOC(=O)CC[S-].[CH2]CCC.[CH2]CCC.[Sn+2]. The van der Waals surface area contributed by atoms with Crippen LogP contribution in [-0.2, 0) is 53.8 Å². The van der Waals surface area contributed by atoms with Gasteiger partial charge in [0.05, 0.1) is 13.2 Å².